The molecule has 0 bridgehead atoms. The van der Waals surface area contributed by atoms with Crippen molar-refractivity contribution < 1.29 is 32.6 Å². The molecule has 0 saturated carbocycles. The number of hydrogen-bond acceptors (Lipinski definition) is 3. The minimum Gasteiger partial charge on any atom is -0.481 e. The van der Waals surface area contributed by atoms with E-state index in [9.17, 15) is 22.8 Å². The number of aliphatic carboxylic acids is 1. The second-order valence-corrected chi connectivity index (χ2v) is 4.18. The highest BCUT2D eigenvalue weighted by Crippen LogP contribution is 2.19. The van der Waals surface area contributed by atoms with Crippen LogP contribution in [0, 0.1) is 5.92 Å². The van der Waals surface area contributed by atoms with E-state index in [1.807, 2.05) is 0 Å². The third kappa shape index (κ3) is 4.17. The van der Waals surface area contributed by atoms with Crippen LogP contribution in [-0.4, -0.2) is 53.9 Å². The number of halogens is 3. The van der Waals surface area contributed by atoms with E-state index in [0.29, 0.717) is 6.42 Å². The second-order valence-electron chi connectivity index (χ2n) is 4.18. The Balaban J connectivity index is 2.43. The van der Waals surface area contributed by atoms with Gasteiger partial charge in [-0.3, -0.25) is 9.59 Å². The number of carboxylic acid groups (broad SMARTS) is 1. The molecular weight excluding hydrogens is 255 g/mol. The molecule has 104 valence electrons. The van der Waals surface area contributed by atoms with E-state index in [-0.39, 0.29) is 13.1 Å². The monoisotopic (exact) mass is 269 g/mol. The molecule has 0 unspecified atom stereocenters. The van der Waals surface area contributed by atoms with Gasteiger partial charge in [0.15, 0.2) is 0 Å². The van der Waals surface area contributed by atoms with Gasteiger partial charge >= 0.3 is 12.1 Å². The lowest BCUT2D eigenvalue weighted by Crippen LogP contribution is -2.39. The molecule has 1 saturated heterocycles. The third-order valence-corrected chi connectivity index (χ3v) is 2.69. The molecule has 0 aliphatic carbocycles. The van der Waals surface area contributed by atoms with Gasteiger partial charge in [0, 0.05) is 13.1 Å². The summed E-state index contributed by atoms with van der Waals surface area (Å²) in [4.78, 5) is 23.6. The fourth-order valence-electron chi connectivity index (χ4n) is 1.71. The fourth-order valence-corrected chi connectivity index (χ4v) is 1.71. The molecule has 5 nitrogen and oxygen atoms in total. The molecule has 8 heteroatoms. The Bertz CT molecular complexity index is 332. The first-order valence-electron chi connectivity index (χ1n) is 5.40. The van der Waals surface area contributed by atoms with Crippen LogP contribution in [0.2, 0.25) is 0 Å². The Hall–Kier alpha value is -1.31. The number of alkyl halides is 3. The lowest BCUT2D eigenvalue weighted by atomic mass is 10.1. The van der Waals surface area contributed by atoms with Gasteiger partial charge < -0.3 is 14.7 Å². The molecule has 1 aliphatic heterocycles. The minimum atomic E-state index is -4.48. The van der Waals surface area contributed by atoms with Crippen LogP contribution in [0.3, 0.4) is 0 Å². The average Bonchev–Trinajstić information content (AvgIpc) is 2.73. The van der Waals surface area contributed by atoms with Crippen molar-refractivity contribution >= 4 is 11.9 Å². The number of ether oxygens (including phenoxy) is 1. The molecule has 0 aromatic heterocycles. The first kappa shape index (κ1) is 14.7. The average molecular weight is 269 g/mol. The van der Waals surface area contributed by atoms with Gasteiger partial charge in [-0.05, 0) is 13.3 Å². The number of carbonyl (C=O) groups is 2. The number of hydrogen-bond donors (Lipinski definition) is 1. The summed E-state index contributed by atoms with van der Waals surface area (Å²) >= 11 is 0. The SMILES string of the molecule is C[C@H](OCC(F)(F)F)C(=O)N1CC[C@H](C(=O)O)C1. The third-order valence-electron chi connectivity index (χ3n) is 2.69. The maximum absolute atomic E-state index is 11.9. The van der Waals surface area contributed by atoms with Crippen molar-refractivity contribution in [2.45, 2.75) is 25.6 Å². The predicted molar refractivity (Wildman–Crippen MR) is 53.8 cm³/mol. The lowest BCUT2D eigenvalue weighted by molar-refractivity contribution is -0.188. The molecule has 0 aromatic rings. The summed E-state index contributed by atoms with van der Waals surface area (Å²) in [5.41, 5.74) is 0. The van der Waals surface area contributed by atoms with Crippen molar-refractivity contribution in [3.05, 3.63) is 0 Å². The van der Waals surface area contributed by atoms with E-state index in [0.717, 1.165) is 0 Å². The maximum Gasteiger partial charge on any atom is 0.411 e. The number of carbonyl (C=O) groups excluding carboxylic acids is 1. The lowest BCUT2D eigenvalue weighted by Gasteiger charge is -2.21. The number of nitrogens with zero attached hydrogens (tertiary/aromatic N) is 1. The summed E-state index contributed by atoms with van der Waals surface area (Å²) in [6, 6.07) is 0. The molecule has 1 N–H and O–H groups in total. The van der Waals surface area contributed by atoms with Crippen molar-refractivity contribution in [1.29, 1.82) is 0 Å². The maximum atomic E-state index is 11.9. The van der Waals surface area contributed by atoms with E-state index in [4.69, 9.17) is 5.11 Å². The molecule has 1 rings (SSSR count). The highest BCUT2D eigenvalue weighted by atomic mass is 19.4. The molecule has 2 atom stereocenters. The number of amides is 1. The quantitative estimate of drug-likeness (QED) is 0.823. The van der Waals surface area contributed by atoms with E-state index >= 15 is 0 Å². The van der Waals surface area contributed by atoms with Gasteiger partial charge in [0.1, 0.15) is 12.7 Å². The van der Waals surface area contributed by atoms with Gasteiger partial charge in [-0.1, -0.05) is 0 Å². The minimum absolute atomic E-state index is 0.0217. The topological polar surface area (TPSA) is 66.8 Å². The highest BCUT2D eigenvalue weighted by Gasteiger charge is 2.35. The molecule has 1 amide bonds. The summed E-state index contributed by atoms with van der Waals surface area (Å²) in [6.07, 6.45) is -5.39. The molecule has 1 aliphatic rings. The Morgan fingerprint density at radius 2 is 2.11 bits per heavy atom. The summed E-state index contributed by atoms with van der Waals surface area (Å²) in [6.45, 7) is -0.0122. The Morgan fingerprint density at radius 1 is 1.50 bits per heavy atom. The van der Waals surface area contributed by atoms with Crippen LogP contribution in [0.1, 0.15) is 13.3 Å². The van der Waals surface area contributed by atoms with E-state index in [1.165, 1.54) is 11.8 Å². The standard InChI is InChI=1S/C10H14F3NO4/c1-6(18-5-10(11,12)13)8(15)14-3-2-7(4-14)9(16)17/h6-7H,2-5H2,1H3,(H,16,17)/t6-,7-/m0/s1. The molecular formula is C10H14F3NO4. The van der Waals surface area contributed by atoms with Crippen LogP contribution in [0.25, 0.3) is 0 Å². The zero-order chi connectivity index (χ0) is 13.9. The molecule has 0 spiro atoms. The molecule has 1 fully saturated rings. The fraction of sp³-hybridized carbons (Fsp3) is 0.800. The van der Waals surface area contributed by atoms with E-state index in [1.54, 1.807) is 0 Å². The van der Waals surface area contributed by atoms with Gasteiger partial charge in [0.2, 0.25) is 0 Å². The normalized spacial score (nSPS) is 22.0. The van der Waals surface area contributed by atoms with E-state index < -0.39 is 36.7 Å². The zero-order valence-electron chi connectivity index (χ0n) is 9.74. The van der Waals surface area contributed by atoms with Gasteiger partial charge in [-0.25, -0.2) is 0 Å². The molecule has 0 aromatic carbocycles. The summed E-state index contributed by atoms with van der Waals surface area (Å²) in [5, 5.41) is 8.74. The van der Waals surface area contributed by atoms with Crippen LogP contribution in [0.15, 0.2) is 0 Å². The molecule has 18 heavy (non-hydrogen) atoms. The largest absolute Gasteiger partial charge is 0.481 e. The van der Waals surface area contributed by atoms with Crippen molar-refractivity contribution in [3.8, 4) is 0 Å². The van der Waals surface area contributed by atoms with E-state index in [2.05, 4.69) is 4.74 Å². The van der Waals surface area contributed by atoms with Gasteiger partial charge in [-0.15, -0.1) is 0 Å². The van der Waals surface area contributed by atoms with Crippen molar-refractivity contribution in [3.63, 3.8) is 0 Å². The molecule has 1 heterocycles. The Labute approximate surface area is 102 Å². The smallest absolute Gasteiger partial charge is 0.411 e. The highest BCUT2D eigenvalue weighted by molar-refractivity contribution is 5.82. The Kier molecular flexibility index (Phi) is 4.55. The summed E-state index contributed by atoms with van der Waals surface area (Å²) in [7, 11) is 0. The van der Waals surface area contributed by atoms with Crippen molar-refractivity contribution in [1.82, 2.24) is 4.90 Å². The van der Waals surface area contributed by atoms with Crippen LogP contribution < -0.4 is 0 Å². The van der Waals surface area contributed by atoms with Crippen LogP contribution >= 0.6 is 0 Å². The van der Waals surface area contributed by atoms with Gasteiger partial charge in [-0.2, -0.15) is 13.2 Å². The predicted octanol–water partition coefficient (Wildman–Crippen LogP) is 0.887. The van der Waals surface area contributed by atoms with Crippen LogP contribution in [0.4, 0.5) is 13.2 Å². The van der Waals surface area contributed by atoms with Crippen LogP contribution in [0.5, 0.6) is 0 Å². The number of rotatable bonds is 4. The van der Waals surface area contributed by atoms with Gasteiger partial charge in [0.05, 0.1) is 5.92 Å². The Morgan fingerprint density at radius 3 is 2.56 bits per heavy atom. The first-order chi connectivity index (χ1) is 8.20. The summed E-state index contributed by atoms with van der Waals surface area (Å²) < 4.78 is 40.1. The van der Waals surface area contributed by atoms with Crippen molar-refractivity contribution in [2.75, 3.05) is 19.7 Å². The zero-order valence-corrected chi connectivity index (χ0v) is 9.74. The second kappa shape index (κ2) is 5.55. The molecule has 0 radical (unpaired) electrons. The van der Waals surface area contributed by atoms with Crippen LogP contribution in [-0.2, 0) is 14.3 Å². The number of carboxylic acids is 1. The van der Waals surface area contributed by atoms with Gasteiger partial charge in [0.25, 0.3) is 5.91 Å². The first-order valence-corrected chi connectivity index (χ1v) is 5.40. The summed E-state index contributed by atoms with van der Waals surface area (Å²) in [5.74, 6) is -2.26. The van der Waals surface area contributed by atoms with Crippen molar-refractivity contribution in [2.24, 2.45) is 5.92 Å². The number of likely N-dealkylation sites (tertiary alicyclic amines) is 1.